The third kappa shape index (κ3) is 4.41. The van der Waals surface area contributed by atoms with Gasteiger partial charge in [0.05, 0.1) is 24.0 Å². The van der Waals surface area contributed by atoms with Crippen LogP contribution in [0.2, 0.25) is 0 Å². The molecule has 0 saturated heterocycles. The van der Waals surface area contributed by atoms with Gasteiger partial charge in [-0.25, -0.2) is 14.4 Å². The molecule has 0 aliphatic rings. The van der Waals surface area contributed by atoms with Crippen molar-refractivity contribution in [1.29, 1.82) is 0 Å². The lowest BCUT2D eigenvalue weighted by Crippen LogP contribution is -2.12. The normalized spacial score (nSPS) is 11.9. The van der Waals surface area contributed by atoms with Crippen LogP contribution in [0.3, 0.4) is 0 Å². The molecule has 168 valence electrons. The summed E-state index contributed by atoms with van der Waals surface area (Å²) in [5.74, 6) is -0.0243. The second-order valence-electron chi connectivity index (χ2n) is 8.00. The highest BCUT2D eigenvalue weighted by atomic mass is 19.1. The fourth-order valence-electron chi connectivity index (χ4n) is 3.73. The molecule has 7 heteroatoms. The van der Waals surface area contributed by atoms with Crippen molar-refractivity contribution in [2.24, 2.45) is 0 Å². The van der Waals surface area contributed by atoms with Crippen molar-refractivity contribution in [1.82, 2.24) is 19.9 Å². The molecule has 1 unspecified atom stereocenters. The van der Waals surface area contributed by atoms with Crippen LogP contribution in [0, 0.1) is 5.82 Å². The summed E-state index contributed by atoms with van der Waals surface area (Å²) in [5, 5.41) is 0.996. The Balaban J connectivity index is 1.53. The molecule has 3 heterocycles. The smallest absolute Gasteiger partial charge is 0.257 e. The van der Waals surface area contributed by atoms with E-state index in [1.54, 1.807) is 12.3 Å². The summed E-state index contributed by atoms with van der Waals surface area (Å²) in [6.07, 6.45) is 2.96. The van der Waals surface area contributed by atoms with Crippen molar-refractivity contribution >= 4 is 16.7 Å². The maximum Gasteiger partial charge on any atom is 0.257 e. The summed E-state index contributed by atoms with van der Waals surface area (Å²) in [6, 6.07) is 22.7. The molecule has 5 aromatic rings. The van der Waals surface area contributed by atoms with E-state index in [4.69, 9.17) is 15.5 Å². The number of nitrogen functional groups attached to an aromatic ring is 1. The molecule has 0 bridgehead atoms. The zero-order valence-electron chi connectivity index (χ0n) is 18.5. The fourth-order valence-corrected chi connectivity index (χ4v) is 3.73. The molecule has 0 aliphatic heterocycles. The van der Waals surface area contributed by atoms with E-state index in [1.807, 2.05) is 67.6 Å². The van der Waals surface area contributed by atoms with E-state index in [-0.39, 0.29) is 30.0 Å². The number of ether oxygens (including phenoxy) is 1. The molecule has 3 aromatic heterocycles. The number of pyridine rings is 2. The van der Waals surface area contributed by atoms with Crippen LogP contribution >= 0.6 is 0 Å². The highest BCUT2D eigenvalue weighted by Gasteiger charge is 2.18. The monoisotopic (exact) mass is 451 g/mol. The van der Waals surface area contributed by atoms with Gasteiger partial charge in [-0.15, -0.1) is 0 Å². The van der Waals surface area contributed by atoms with Crippen LogP contribution in [-0.4, -0.2) is 26.5 Å². The Bertz CT molecular complexity index is 1440. The molecule has 0 spiro atoms. The topological polar surface area (TPSA) is 86.8 Å². The van der Waals surface area contributed by atoms with E-state index < -0.39 is 0 Å². The number of benzene rings is 2. The molecule has 2 aromatic carbocycles. The van der Waals surface area contributed by atoms with Crippen molar-refractivity contribution in [3.63, 3.8) is 0 Å². The Labute approximate surface area is 196 Å². The van der Waals surface area contributed by atoms with Gasteiger partial charge in [0.25, 0.3) is 5.88 Å². The predicted molar refractivity (Wildman–Crippen MR) is 131 cm³/mol. The van der Waals surface area contributed by atoms with E-state index in [0.717, 1.165) is 27.7 Å². The van der Waals surface area contributed by atoms with Crippen molar-refractivity contribution in [3.8, 4) is 28.4 Å². The third-order valence-corrected chi connectivity index (χ3v) is 5.54. The minimum Gasteiger partial charge on any atom is -0.474 e. The summed E-state index contributed by atoms with van der Waals surface area (Å²) in [4.78, 5) is 18.0. The first-order chi connectivity index (χ1) is 16.6. The molecule has 5 rings (SSSR count). The standard InChI is InChI=1S/C27H22FN5O/c1-17(22-12-10-21(28)15-31-22)16-34-27-26(29)32-24(18-6-3-2-4-7-18)25(33-27)20-9-11-23-19(14-20)8-5-13-30-23/h2-15,17H,16H2,1H3,(H2,29,32). The van der Waals surface area contributed by atoms with Gasteiger partial charge in [0.15, 0.2) is 5.82 Å². The molecular formula is C27H22FN5O. The van der Waals surface area contributed by atoms with Crippen LogP contribution in [0.15, 0.2) is 85.2 Å². The molecule has 34 heavy (non-hydrogen) atoms. The van der Waals surface area contributed by atoms with E-state index in [2.05, 4.69) is 15.0 Å². The fraction of sp³-hybridized carbons (Fsp3) is 0.111. The first kappa shape index (κ1) is 21.5. The SMILES string of the molecule is CC(COc1nc(-c2ccc3ncccc3c2)c(-c2ccccc2)nc1N)c1ccc(F)cn1. The quantitative estimate of drug-likeness (QED) is 0.359. The first-order valence-corrected chi connectivity index (χ1v) is 10.9. The number of hydrogen-bond acceptors (Lipinski definition) is 6. The van der Waals surface area contributed by atoms with Crippen molar-refractivity contribution in [2.75, 3.05) is 12.3 Å². The van der Waals surface area contributed by atoms with Gasteiger partial charge in [-0.2, -0.15) is 0 Å². The number of fused-ring (bicyclic) bond motifs is 1. The number of aromatic nitrogens is 4. The maximum atomic E-state index is 13.2. The third-order valence-electron chi connectivity index (χ3n) is 5.54. The lowest BCUT2D eigenvalue weighted by atomic mass is 10.0. The van der Waals surface area contributed by atoms with Gasteiger partial charge >= 0.3 is 0 Å². The minimum atomic E-state index is -0.376. The average molecular weight is 452 g/mol. The first-order valence-electron chi connectivity index (χ1n) is 10.9. The highest BCUT2D eigenvalue weighted by molar-refractivity contribution is 5.87. The number of hydrogen-bond donors (Lipinski definition) is 1. The molecular weight excluding hydrogens is 429 g/mol. The Morgan fingerprint density at radius 3 is 2.50 bits per heavy atom. The molecule has 2 N–H and O–H groups in total. The van der Waals surface area contributed by atoms with E-state index in [0.29, 0.717) is 11.4 Å². The lowest BCUT2D eigenvalue weighted by molar-refractivity contribution is 0.284. The summed E-state index contributed by atoms with van der Waals surface area (Å²) < 4.78 is 19.2. The van der Waals surface area contributed by atoms with Crippen LogP contribution in [0.25, 0.3) is 33.4 Å². The van der Waals surface area contributed by atoms with Crippen LogP contribution in [0.5, 0.6) is 5.88 Å². The van der Waals surface area contributed by atoms with Gasteiger partial charge in [0.2, 0.25) is 0 Å². The number of nitrogens with zero attached hydrogens (tertiary/aromatic N) is 4. The van der Waals surface area contributed by atoms with Crippen LogP contribution in [-0.2, 0) is 0 Å². The lowest BCUT2D eigenvalue weighted by Gasteiger charge is -2.16. The summed E-state index contributed by atoms with van der Waals surface area (Å²) in [6.45, 7) is 2.21. The van der Waals surface area contributed by atoms with Gasteiger partial charge in [0, 0.05) is 34.3 Å². The Hall–Kier alpha value is -4.39. The maximum absolute atomic E-state index is 13.2. The zero-order chi connectivity index (χ0) is 23.5. The Morgan fingerprint density at radius 1 is 0.882 bits per heavy atom. The van der Waals surface area contributed by atoms with E-state index in [1.165, 1.54) is 12.3 Å². The molecule has 0 aliphatic carbocycles. The highest BCUT2D eigenvalue weighted by Crippen LogP contribution is 2.34. The second-order valence-corrected chi connectivity index (χ2v) is 8.00. The molecule has 1 atom stereocenters. The van der Waals surface area contributed by atoms with Crippen LogP contribution in [0.4, 0.5) is 10.2 Å². The van der Waals surface area contributed by atoms with Crippen molar-refractivity contribution in [3.05, 3.63) is 96.7 Å². The average Bonchev–Trinajstić information content (AvgIpc) is 2.88. The van der Waals surface area contributed by atoms with Crippen molar-refractivity contribution < 1.29 is 9.13 Å². The van der Waals surface area contributed by atoms with Gasteiger partial charge in [0.1, 0.15) is 11.5 Å². The Kier molecular flexibility index (Phi) is 5.82. The number of nitrogens with two attached hydrogens (primary N) is 1. The van der Waals surface area contributed by atoms with Gasteiger partial charge in [-0.1, -0.05) is 49.4 Å². The molecule has 0 radical (unpaired) electrons. The zero-order valence-corrected chi connectivity index (χ0v) is 18.5. The van der Waals surface area contributed by atoms with Crippen molar-refractivity contribution in [2.45, 2.75) is 12.8 Å². The van der Waals surface area contributed by atoms with Gasteiger partial charge in [-0.3, -0.25) is 9.97 Å². The predicted octanol–water partition coefficient (Wildman–Crippen LogP) is 5.66. The van der Waals surface area contributed by atoms with Gasteiger partial charge < -0.3 is 10.5 Å². The van der Waals surface area contributed by atoms with Crippen LogP contribution in [0.1, 0.15) is 18.5 Å². The number of anilines is 1. The summed E-state index contributed by atoms with van der Waals surface area (Å²) in [7, 11) is 0. The minimum absolute atomic E-state index is 0.0919. The van der Waals surface area contributed by atoms with E-state index in [9.17, 15) is 4.39 Å². The largest absolute Gasteiger partial charge is 0.474 e. The van der Waals surface area contributed by atoms with Crippen LogP contribution < -0.4 is 10.5 Å². The molecule has 0 amide bonds. The molecule has 6 nitrogen and oxygen atoms in total. The second kappa shape index (κ2) is 9.23. The Morgan fingerprint density at radius 2 is 1.71 bits per heavy atom. The summed E-state index contributed by atoms with van der Waals surface area (Å²) >= 11 is 0. The summed E-state index contributed by atoms with van der Waals surface area (Å²) in [5.41, 5.74) is 11.0. The molecule has 0 fully saturated rings. The van der Waals surface area contributed by atoms with E-state index >= 15 is 0 Å². The number of halogens is 1. The van der Waals surface area contributed by atoms with Gasteiger partial charge in [-0.05, 0) is 30.3 Å². The number of rotatable bonds is 6. The molecule has 0 saturated carbocycles.